The lowest BCUT2D eigenvalue weighted by Crippen LogP contribution is -2.68. The molecule has 0 saturated carbocycles. The van der Waals surface area contributed by atoms with Crippen LogP contribution >= 0.6 is 0 Å². The summed E-state index contributed by atoms with van der Waals surface area (Å²) in [5, 5.41) is 16.3. The summed E-state index contributed by atoms with van der Waals surface area (Å²) in [6.45, 7) is 0. The Balaban J connectivity index is 1.24. The lowest BCUT2D eigenvalue weighted by Gasteiger charge is -2.30. The molecular weight excluding hydrogens is 621 g/mol. The molecule has 232 valence electrons. The summed E-state index contributed by atoms with van der Waals surface area (Å²) in [5.41, 5.74) is 1.40. The van der Waals surface area contributed by atoms with Crippen molar-refractivity contribution in [3.8, 4) is 0 Å². The van der Waals surface area contributed by atoms with Crippen LogP contribution in [0.4, 0.5) is 0 Å². The summed E-state index contributed by atoms with van der Waals surface area (Å²) < 4.78 is 13.6. The first-order chi connectivity index (χ1) is 23.8. The Bertz CT molecular complexity index is 1690. The summed E-state index contributed by atoms with van der Waals surface area (Å²) >= 11 is 0. The van der Waals surface area contributed by atoms with Gasteiger partial charge in [-0.25, -0.2) is 0 Å². The largest absolute Gasteiger partial charge is 0.437 e. The van der Waals surface area contributed by atoms with E-state index in [0.29, 0.717) is 11.4 Å². The third kappa shape index (κ3) is 6.14. The maximum absolute atomic E-state index is 6.81. The predicted molar refractivity (Wildman–Crippen MR) is 203 cm³/mol. The van der Waals surface area contributed by atoms with Crippen LogP contribution in [-0.2, 0) is 9.05 Å². The predicted octanol–water partition coefficient (Wildman–Crippen LogP) is 5.19. The number of hydrogen-bond donors (Lipinski definition) is 0. The fourth-order valence-electron chi connectivity index (χ4n) is 6.17. The van der Waals surface area contributed by atoms with Crippen LogP contribution in [-0.4, -0.2) is 28.1 Å². The van der Waals surface area contributed by atoms with Crippen LogP contribution in [0.25, 0.3) is 0 Å². The molecule has 0 spiro atoms. The van der Waals surface area contributed by atoms with Crippen molar-refractivity contribution in [2.75, 3.05) is 0 Å². The Morgan fingerprint density at radius 2 is 0.458 bits per heavy atom. The molecule has 6 heteroatoms. The van der Waals surface area contributed by atoms with Crippen LogP contribution in [0.2, 0.25) is 0 Å². The fourth-order valence-corrected chi connectivity index (χ4v) is 13.3. The van der Waals surface area contributed by atoms with Gasteiger partial charge in [-0.05, 0) is 55.4 Å². The van der Waals surface area contributed by atoms with Gasteiger partial charge in [-0.15, -0.1) is 10.3 Å². The highest BCUT2D eigenvalue weighted by atomic mass is 28.4. The molecule has 0 atom stereocenters. The van der Waals surface area contributed by atoms with E-state index in [1.54, 1.807) is 0 Å². The SMILES string of the molecule is C1=CC(=NO[Si](c2ccccc2)(c2ccccc2)c2ccccc2)C=CC1=NO[Si](c1ccccc1)(c1ccccc1)c1ccccc1. The molecular formula is C42H34N2O2Si2. The quantitative estimate of drug-likeness (QED) is 0.0884. The van der Waals surface area contributed by atoms with Gasteiger partial charge in [0.1, 0.15) is 11.4 Å². The van der Waals surface area contributed by atoms with Gasteiger partial charge < -0.3 is 9.05 Å². The monoisotopic (exact) mass is 654 g/mol. The van der Waals surface area contributed by atoms with E-state index in [0.717, 1.165) is 31.1 Å². The molecule has 0 bridgehead atoms. The summed E-state index contributed by atoms with van der Waals surface area (Å²) in [4.78, 5) is 0. The van der Waals surface area contributed by atoms with Crippen molar-refractivity contribution < 1.29 is 9.05 Å². The second kappa shape index (κ2) is 14.3. The van der Waals surface area contributed by atoms with Crippen LogP contribution in [0.3, 0.4) is 0 Å². The molecule has 0 saturated heterocycles. The maximum Gasteiger partial charge on any atom is 0.380 e. The minimum atomic E-state index is -2.98. The molecule has 0 N–H and O–H groups in total. The van der Waals surface area contributed by atoms with Crippen LogP contribution < -0.4 is 31.1 Å². The second-order valence-corrected chi connectivity index (χ2v) is 18.0. The minimum Gasteiger partial charge on any atom is -0.437 e. The highest BCUT2D eigenvalue weighted by Crippen LogP contribution is 2.14. The van der Waals surface area contributed by atoms with Gasteiger partial charge in [0, 0.05) is 0 Å². The fraction of sp³-hybridized carbons (Fsp3) is 0. The van der Waals surface area contributed by atoms with E-state index < -0.39 is 16.6 Å². The Hall–Kier alpha value is -5.83. The summed E-state index contributed by atoms with van der Waals surface area (Å²) in [5.74, 6) is 0. The molecule has 48 heavy (non-hydrogen) atoms. The van der Waals surface area contributed by atoms with Crippen molar-refractivity contribution in [1.29, 1.82) is 0 Å². The van der Waals surface area contributed by atoms with Gasteiger partial charge in [-0.2, -0.15) is 0 Å². The van der Waals surface area contributed by atoms with Crippen molar-refractivity contribution >= 4 is 59.2 Å². The van der Waals surface area contributed by atoms with Crippen molar-refractivity contribution in [2.24, 2.45) is 10.3 Å². The molecule has 0 fully saturated rings. The van der Waals surface area contributed by atoms with E-state index in [-0.39, 0.29) is 0 Å². The summed E-state index contributed by atoms with van der Waals surface area (Å²) in [6.07, 6.45) is 7.72. The van der Waals surface area contributed by atoms with Crippen LogP contribution in [0.1, 0.15) is 0 Å². The zero-order valence-electron chi connectivity index (χ0n) is 26.3. The normalized spacial score (nSPS) is 12.8. The third-order valence-corrected chi connectivity index (χ3v) is 16.1. The molecule has 0 unspecified atom stereocenters. The molecule has 0 aromatic heterocycles. The molecule has 6 aromatic carbocycles. The summed E-state index contributed by atoms with van der Waals surface area (Å²) in [7, 11) is -5.96. The minimum absolute atomic E-state index is 0.700. The first-order valence-electron chi connectivity index (χ1n) is 16.0. The number of allylic oxidation sites excluding steroid dienone is 4. The molecule has 0 amide bonds. The van der Waals surface area contributed by atoms with Gasteiger partial charge in [-0.3, -0.25) is 0 Å². The van der Waals surface area contributed by atoms with Crippen molar-refractivity contribution in [2.45, 2.75) is 0 Å². The van der Waals surface area contributed by atoms with Crippen LogP contribution in [0, 0.1) is 0 Å². The molecule has 1 aliphatic rings. The van der Waals surface area contributed by atoms with Crippen molar-refractivity contribution in [1.82, 2.24) is 0 Å². The number of hydrogen-bond acceptors (Lipinski definition) is 4. The Kier molecular flexibility index (Phi) is 9.18. The molecule has 4 nitrogen and oxygen atoms in total. The zero-order valence-corrected chi connectivity index (χ0v) is 28.3. The molecule has 0 heterocycles. The number of oxime groups is 2. The average molecular weight is 655 g/mol. The van der Waals surface area contributed by atoms with Gasteiger partial charge >= 0.3 is 16.6 Å². The van der Waals surface area contributed by atoms with Gasteiger partial charge in [0.15, 0.2) is 0 Å². The summed E-state index contributed by atoms with van der Waals surface area (Å²) in [6, 6.07) is 62.6. The van der Waals surface area contributed by atoms with Crippen LogP contribution in [0.5, 0.6) is 0 Å². The Morgan fingerprint density at radius 3 is 0.646 bits per heavy atom. The first-order valence-corrected chi connectivity index (χ1v) is 19.8. The highest BCUT2D eigenvalue weighted by molar-refractivity contribution is 7.07. The van der Waals surface area contributed by atoms with Crippen molar-refractivity contribution in [3.05, 3.63) is 206 Å². The van der Waals surface area contributed by atoms with Gasteiger partial charge in [0.25, 0.3) is 0 Å². The Morgan fingerprint density at radius 1 is 0.271 bits per heavy atom. The van der Waals surface area contributed by atoms with Crippen LogP contribution in [0.15, 0.2) is 217 Å². The lowest BCUT2D eigenvalue weighted by atomic mass is 10.1. The molecule has 7 rings (SSSR count). The van der Waals surface area contributed by atoms with Gasteiger partial charge in [-0.1, -0.05) is 182 Å². The molecule has 6 aromatic rings. The lowest BCUT2D eigenvalue weighted by molar-refractivity contribution is 0.349. The van der Waals surface area contributed by atoms with E-state index >= 15 is 0 Å². The maximum atomic E-state index is 6.81. The highest BCUT2D eigenvalue weighted by Gasteiger charge is 2.46. The Labute approximate surface area is 283 Å². The van der Waals surface area contributed by atoms with E-state index in [2.05, 4.69) is 146 Å². The van der Waals surface area contributed by atoms with Gasteiger partial charge in [0.2, 0.25) is 0 Å². The second-order valence-electron chi connectivity index (χ2n) is 11.4. The smallest absolute Gasteiger partial charge is 0.380 e. The number of rotatable bonds is 10. The topological polar surface area (TPSA) is 43.2 Å². The van der Waals surface area contributed by atoms with E-state index in [4.69, 9.17) is 19.4 Å². The zero-order chi connectivity index (χ0) is 32.5. The average Bonchev–Trinajstić information content (AvgIpc) is 3.18. The van der Waals surface area contributed by atoms with Crippen molar-refractivity contribution in [3.63, 3.8) is 0 Å². The van der Waals surface area contributed by atoms with Gasteiger partial charge in [0.05, 0.1) is 0 Å². The standard InChI is InChI=1S/C42H34N2O2Si2/c1-7-19-37(20-8-1)47(38-21-9-2-10-22-38,39-23-11-3-12-24-39)45-43-35-31-33-36(34-32-35)44-46-48(40-25-13-4-14-26-40,41-27-15-5-16-28-41)42-29-17-6-18-30-42/h1-34H. The van der Waals surface area contributed by atoms with E-state index in [1.165, 1.54) is 0 Å². The third-order valence-electron chi connectivity index (χ3n) is 8.51. The first kappa shape index (κ1) is 30.8. The molecule has 1 aliphatic carbocycles. The van der Waals surface area contributed by atoms with E-state index in [1.807, 2.05) is 60.7 Å². The molecule has 0 radical (unpaired) electrons. The van der Waals surface area contributed by atoms with E-state index in [9.17, 15) is 0 Å². The molecule has 0 aliphatic heterocycles. The number of benzene rings is 6. The number of nitrogens with zero attached hydrogens (tertiary/aromatic N) is 2.